The van der Waals surface area contributed by atoms with E-state index in [1.807, 2.05) is 54.1 Å². The zero-order chi connectivity index (χ0) is 20.5. The maximum Gasteiger partial charge on any atom is 0.287 e. The molecule has 0 bridgehead atoms. The third-order valence-corrected chi connectivity index (χ3v) is 5.42. The van der Waals surface area contributed by atoms with E-state index in [1.54, 1.807) is 48.3 Å². The van der Waals surface area contributed by atoms with Crippen LogP contribution in [0.5, 0.6) is 0 Å². The van der Waals surface area contributed by atoms with Gasteiger partial charge in [-0.15, -0.1) is 23.1 Å². The van der Waals surface area contributed by atoms with Gasteiger partial charge in [-0.2, -0.15) is 5.10 Å². The van der Waals surface area contributed by atoms with Crippen LogP contribution in [0.3, 0.4) is 0 Å². The Morgan fingerprint density at radius 1 is 1.00 bits per heavy atom. The second-order valence-corrected chi connectivity index (χ2v) is 7.72. The van der Waals surface area contributed by atoms with Gasteiger partial charge >= 0.3 is 0 Å². The van der Waals surface area contributed by atoms with E-state index in [0.29, 0.717) is 5.56 Å². The Morgan fingerprint density at radius 2 is 1.76 bits per heavy atom. The normalized spacial score (nSPS) is 11.4. The highest BCUT2D eigenvalue weighted by Crippen LogP contribution is 2.14. The molecule has 0 spiro atoms. The van der Waals surface area contributed by atoms with E-state index in [2.05, 4.69) is 15.8 Å². The number of hydrogen-bond acceptors (Lipinski definition) is 5. The van der Waals surface area contributed by atoms with Crippen molar-refractivity contribution in [1.29, 1.82) is 0 Å². The highest BCUT2D eigenvalue weighted by molar-refractivity contribution is 7.98. The Balaban J connectivity index is 1.72. The van der Waals surface area contributed by atoms with Crippen LogP contribution < -0.4 is 10.7 Å². The van der Waals surface area contributed by atoms with E-state index in [-0.39, 0.29) is 11.6 Å². The summed E-state index contributed by atoms with van der Waals surface area (Å²) in [6.45, 7) is 0. The molecule has 3 aromatic rings. The van der Waals surface area contributed by atoms with E-state index in [4.69, 9.17) is 0 Å². The van der Waals surface area contributed by atoms with Crippen LogP contribution in [-0.4, -0.2) is 24.3 Å². The summed E-state index contributed by atoms with van der Waals surface area (Å²) in [5.41, 5.74) is 3.93. The fourth-order valence-electron chi connectivity index (χ4n) is 2.37. The van der Waals surface area contributed by atoms with Crippen molar-refractivity contribution in [1.82, 2.24) is 10.7 Å². The minimum atomic E-state index is -0.500. The highest BCUT2D eigenvalue weighted by Gasteiger charge is 2.14. The molecule has 2 aromatic carbocycles. The third kappa shape index (κ3) is 6.17. The first-order valence-corrected chi connectivity index (χ1v) is 10.9. The maximum atomic E-state index is 12.6. The fraction of sp³-hybridized carbons (Fsp3) is 0.0455. The van der Waals surface area contributed by atoms with Gasteiger partial charge in [-0.05, 0) is 53.6 Å². The van der Waals surface area contributed by atoms with Crippen molar-refractivity contribution in [2.24, 2.45) is 5.10 Å². The first-order chi connectivity index (χ1) is 14.2. The molecule has 2 N–H and O–H groups in total. The molecule has 0 aliphatic rings. The van der Waals surface area contributed by atoms with Crippen molar-refractivity contribution in [3.63, 3.8) is 0 Å². The van der Waals surface area contributed by atoms with Crippen molar-refractivity contribution < 1.29 is 9.59 Å². The molecule has 1 aromatic heterocycles. The topological polar surface area (TPSA) is 70.6 Å². The third-order valence-electron chi connectivity index (χ3n) is 3.85. The molecule has 3 rings (SSSR count). The molecule has 0 aliphatic heterocycles. The first-order valence-electron chi connectivity index (χ1n) is 8.75. The smallest absolute Gasteiger partial charge is 0.287 e. The summed E-state index contributed by atoms with van der Waals surface area (Å²) in [5.74, 6) is -0.861. The van der Waals surface area contributed by atoms with Crippen LogP contribution in [0.15, 0.2) is 87.8 Å². The van der Waals surface area contributed by atoms with Crippen LogP contribution in [0.25, 0.3) is 6.08 Å². The van der Waals surface area contributed by atoms with E-state index >= 15 is 0 Å². The number of thioether (sulfide) groups is 1. The zero-order valence-corrected chi connectivity index (χ0v) is 17.3. The molecule has 0 aliphatic carbocycles. The van der Waals surface area contributed by atoms with Crippen molar-refractivity contribution in [3.8, 4) is 0 Å². The number of carbonyl (C=O) groups is 2. The van der Waals surface area contributed by atoms with Crippen LogP contribution in [0.1, 0.15) is 20.8 Å². The first kappa shape index (κ1) is 20.6. The average molecular weight is 422 g/mol. The van der Waals surface area contributed by atoms with Crippen LogP contribution in [0.4, 0.5) is 0 Å². The van der Waals surface area contributed by atoms with Gasteiger partial charge < -0.3 is 5.32 Å². The van der Waals surface area contributed by atoms with Gasteiger partial charge in [0.2, 0.25) is 0 Å². The number of thiophene rings is 1. The zero-order valence-electron chi connectivity index (χ0n) is 15.7. The van der Waals surface area contributed by atoms with Gasteiger partial charge in [0.1, 0.15) is 5.70 Å². The number of hydrogen-bond donors (Lipinski definition) is 2. The second-order valence-electron chi connectivity index (χ2n) is 5.87. The Bertz CT molecular complexity index is 1010. The van der Waals surface area contributed by atoms with Crippen molar-refractivity contribution in [2.75, 3.05) is 6.26 Å². The molecule has 7 heteroatoms. The van der Waals surface area contributed by atoms with Crippen molar-refractivity contribution in [2.45, 2.75) is 4.90 Å². The molecule has 146 valence electrons. The highest BCUT2D eigenvalue weighted by atomic mass is 32.2. The van der Waals surface area contributed by atoms with Crippen LogP contribution >= 0.6 is 23.1 Å². The molecule has 2 amide bonds. The molecule has 0 saturated carbocycles. The van der Waals surface area contributed by atoms with E-state index in [0.717, 1.165) is 15.3 Å². The molecule has 0 fully saturated rings. The molecule has 0 radical (unpaired) electrons. The van der Waals surface area contributed by atoms with Gasteiger partial charge in [-0.3, -0.25) is 9.59 Å². The van der Waals surface area contributed by atoms with E-state index < -0.39 is 5.91 Å². The minimum Gasteiger partial charge on any atom is -0.317 e. The van der Waals surface area contributed by atoms with E-state index in [1.165, 1.54) is 11.3 Å². The summed E-state index contributed by atoms with van der Waals surface area (Å²) < 4.78 is 0. The summed E-state index contributed by atoms with van der Waals surface area (Å²) >= 11 is 3.12. The number of nitrogens with zero attached hydrogens (tertiary/aromatic N) is 1. The lowest BCUT2D eigenvalue weighted by atomic mass is 10.2. The Labute approximate surface area is 177 Å². The summed E-state index contributed by atoms with van der Waals surface area (Å²) in [4.78, 5) is 27.1. The molecule has 5 nitrogen and oxygen atoms in total. The van der Waals surface area contributed by atoms with Gasteiger partial charge in [0.25, 0.3) is 11.8 Å². The summed E-state index contributed by atoms with van der Waals surface area (Å²) in [6, 6.07) is 20.3. The monoisotopic (exact) mass is 421 g/mol. The van der Waals surface area contributed by atoms with Gasteiger partial charge in [-0.1, -0.05) is 36.4 Å². The van der Waals surface area contributed by atoms with Crippen LogP contribution in [0, 0.1) is 0 Å². The maximum absolute atomic E-state index is 12.6. The van der Waals surface area contributed by atoms with Gasteiger partial charge in [0, 0.05) is 15.3 Å². The second kappa shape index (κ2) is 10.4. The predicted octanol–water partition coefficient (Wildman–Crippen LogP) is 4.39. The lowest BCUT2D eigenvalue weighted by Crippen LogP contribution is -2.32. The van der Waals surface area contributed by atoms with E-state index in [9.17, 15) is 9.59 Å². The van der Waals surface area contributed by atoms with Gasteiger partial charge in [-0.25, -0.2) is 5.43 Å². The fourth-order valence-corrected chi connectivity index (χ4v) is 3.44. The molecule has 0 atom stereocenters. The van der Waals surface area contributed by atoms with Crippen molar-refractivity contribution in [3.05, 3.63) is 93.8 Å². The number of carbonyl (C=O) groups excluding carboxylic acids is 2. The number of nitrogens with one attached hydrogen (secondary N) is 2. The lowest BCUT2D eigenvalue weighted by Gasteiger charge is -2.08. The Morgan fingerprint density at radius 3 is 2.41 bits per heavy atom. The minimum absolute atomic E-state index is 0.121. The van der Waals surface area contributed by atoms with Crippen LogP contribution in [0.2, 0.25) is 0 Å². The number of benzene rings is 2. The van der Waals surface area contributed by atoms with Crippen molar-refractivity contribution >= 4 is 47.2 Å². The Hall–Kier alpha value is -3.16. The van der Waals surface area contributed by atoms with Gasteiger partial charge in [0.05, 0.1) is 6.21 Å². The molecule has 29 heavy (non-hydrogen) atoms. The largest absolute Gasteiger partial charge is 0.317 e. The number of hydrazone groups is 1. The number of amides is 2. The molecular weight excluding hydrogens is 402 g/mol. The summed E-state index contributed by atoms with van der Waals surface area (Å²) in [5, 5.41) is 8.58. The molecule has 0 saturated heterocycles. The summed E-state index contributed by atoms with van der Waals surface area (Å²) in [7, 11) is 0. The lowest BCUT2D eigenvalue weighted by molar-refractivity contribution is -0.117. The Kier molecular flexibility index (Phi) is 7.38. The predicted molar refractivity (Wildman–Crippen MR) is 120 cm³/mol. The standard InChI is InChI=1S/C22H19N3O2S2/c1-28-18-11-9-16(10-12-18)15-23-25-22(27)20(14-19-8-5-13-29-19)24-21(26)17-6-3-2-4-7-17/h2-15H,1H3,(H,24,26)(H,25,27). The SMILES string of the molecule is CSc1ccc(C=NNC(=O)C(=Cc2cccs2)NC(=O)c2ccccc2)cc1. The van der Waals surface area contributed by atoms with Crippen LogP contribution in [-0.2, 0) is 4.79 Å². The van der Waals surface area contributed by atoms with Gasteiger partial charge in [0.15, 0.2) is 0 Å². The molecule has 0 unspecified atom stereocenters. The number of rotatable bonds is 7. The average Bonchev–Trinajstić information content (AvgIpc) is 3.27. The quantitative estimate of drug-likeness (QED) is 0.257. The molecule has 1 heterocycles. The molecular formula is C22H19N3O2S2. The summed E-state index contributed by atoms with van der Waals surface area (Å²) in [6.07, 6.45) is 5.20.